The Morgan fingerprint density at radius 2 is 1.22 bits per heavy atom. The van der Waals surface area contributed by atoms with E-state index in [0.717, 1.165) is 12.8 Å². The molecule has 0 aliphatic carbocycles. The summed E-state index contributed by atoms with van der Waals surface area (Å²) in [6, 6.07) is -0.0564. The lowest BCUT2D eigenvalue weighted by Crippen LogP contribution is -2.25. The van der Waals surface area contributed by atoms with E-state index in [2.05, 4.69) is 6.92 Å². The highest BCUT2D eigenvalue weighted by atomic mass is 16.5. The minimum Gasteiger partial charge on any atom is -0.368 e. The van der Waals surface area contributed by atoms with E-state index in [1.165, 1.54) is 57.8 Å². The third-order valence-corrected chi connectivity index (χ3v) is 3.44. The van der Waals surface area contributed by atoms with E-state index in [4.69, 9.17) is 15.9 Å². The molecule has 0 aromatic rings. The summed E-state index contributed by atoms with van der Waals surface area (Å²) in [5.41, 5.74) is 5.76. The summed E-state index contributed by atoms with van der Waals surface area (Å²) in [6.45, 7) is 2.25. The first kappa shape index (κ1) is 17.9. The number of unbranched alkanes of at least 4 members (excludes halogenated alkanes) is 9. The number of aliphatic hydroxyl groups is 2. The zero-order valence-electron chi connectivity index (χ0n) is 12.1. The summed E-state index contributed by atoms with van der Waals surface area (Å²) >= 11 is 0. The smallest absolute Gasteiger partial charge is 0.152 e. The monoisotopic (exact) mass is 259 g/mol. The van der Waals surface area contributed by atoms with Crippen LogP contribution in [0.2, 0.25) is 0 Å². The molecule has 0 spiro atoms. The molecule has 0 rings (SSSR count). The second-order valence-electron chi connectivity index (χ2n) is 5.45. The van der Waals surface area contributed by atoms with Crippen molar-refractivity contribution in [2.75, 3.05) is 0 Å². The average Bonchev–Trinajstić information content (AvgIpc) is 2.30. The number of nitrogens with two attached hydrogens (primary N) is 1. The fraction of sp³-hybridized carbons (Fsp3) is 1.00. The quantitative estimate of drug-likeness (QED) is 0.351. The molecule has 4 N–H and O–H groups in total. The van der Waals surface area contributed by atoms with Crippen molar-refractivity contribution in [3.05, 3.63) is 0 Å². The maximum Gasteiger partial charge on any atom is 0.152 e. The van der Waals surface area contributed by atoms with Crippen LogP contribution in [-0.4, -0.2) is 22.5 Å². The highest BCUT2D eigenvalue weighted by Crippen LogP contribution is 2.12. The lowest BCUT2D eigenvalue weighted by Gasteiger charge is -2.12. The standard InChI is InChI=1S/C15H33NO2/c1-2-3-4-5-6-7-8-9-10-11-12-14(16)13-15(17)18/h14-15,17-18H,2-13,16H2,1H3. The summed E-state index contributed by atoms with van der Waals surface area (Å²) in [7, 11) is 0. The summed E-state index contributed by atoms with van der Waals surface area (Å²) in [6.07, 6.45) is 13.2. The molecule has 0 amide bonds. The van der Waals surface area contributed by atoms with Gasteiger partial charge in [0.1, 0.15) is 0 Å². The molecule has 0 saturated heterocycles. The topological polar surface area (TPSA) is 66.5 Å². The minimum absolute atomic E-state index is 0.0564. The number of rotatable bonds is 13. The van der Waals surface area contributed by atoms with Gasteiger partial charge in [0.25, 0.3) is 0 Å². The summed E-state index contributed by atoms with van der Waals surface area (Å²) < 4.78 is 0. The highest BCUT2D eigenvalue weighted by molar-refractivity contribution is 4.62. The first-order valence-corrected chi connectivity index (χ1v) is 7.78. The van der Waals surface area contributed by atoms with Crippen molar-refractivity contribution in [1.29, 1.82) is 0 Å². The van der Waals surface area contributed by atoms with Crippen LogP contribution in [0.25, 0.3) is 0 Å². The molecule has 0 radical (unpaired) electrons. The molecule has 3 heteroatoms. The van der Waals surface area contributed by atoms with E-state index < -0.39 is 6.29 Å². The molecule has 0 aliphatic heterocycles. The Balaban J connectivity index is 3.07. The van der Waals surface area contributed by atoms with Crippen molar-refractivity contribution < 1.29 is 10.2 Å². The van der Waals surface area contributed by atoms with Crippen molar-refractivity contribution in [3.8, 4) is 0 Å². The molecule has 0 bridgehead atoms. The van der Waals surface area contributed by atoms with Crippen LogP contribution < -0.4 is 5.73 Å². The van der Waals surface area contributed by atoms with Gasteiger partial charge in [0, 0.05) is 12.5 Å². The minimum atomic E-state index is -1.25. The van der Waals surface area contributed by atoms with Gasteiger partial charge in [-0.2, -0.15) is 0 Å². The highest BCUT2D eigenvalue weighted by Gasteiger charge is 2.06. The lowest BCUT2D eigenvalue weighted by molar-refractivity contribution is -0.0497. The van der Waals surface area contributed by atoms with Crippen molar-refractivity contribution in [3.63, 3.8) is 0 Å². The molecule has 0 fully saturated rings. The first-order chi connectivity index (χ1) is 8.66. The van der Waals surface area contributed by atoms with Gasteiger partial charge in [-0.15, -0.1) is 0 Å². The predicted molar refractivity (Wildman–Crippen MR) is 77.3 cm³/mol. The van der Waals surface area contributed by atoms with Crippen LogP contribution in [0.5, 0.6) is 0 Å². The molecule has 3 nitrogen and oxygen atoms in total. The SMILES string of the molecule is CCCCCCCCCCCCC(N)CC(O)O. The average molecular weight is 259 g/mol. The van der Waals surface area contributed by atoms with Crippen LogP contribution in [0.4, 0.5) is 0 Å². The van der Waals surface area contributed by atoms with E-state index in [1.807, 2.05) is 0 Å². The molecule has 1 unspecified atom stereocenters. The van der Waals surface area contributed by atoms with Crippen LogP contribution in [0.15, 0.2) is 0 Å². The van der Waals surface area contributed by atoms with Crippen molar-refractivity contribution in [2.24, 2.45) is 5.73 Å². The number of aliphatic hydroxyl groups excluding tert-OH is 1. The molecule has 0 aliphatic rings. The molecule has 0 aromatic heterocycles. The fourth-order valence-electron chi connectivity index (χ4n) is 2.28. The third-order valence-electron chi connectivity index (χ3n) is 3.44. The molecular formula is C15H33NO2. The Bertz CT molecular complexity index is 163. The van der Waals surface area contributed by atoms with Crippen molar-refractivity contribution in [2.45, 2.75) is 96.3 Å². The lowest BCUT2D eigenvalue weighted by atomic mass is 10.0. The van der Waals surface area contributed by atoms with Crippen LogP contribution in [0, 0.1) is 0 Å². The van der Waals surface area contributed by atoms with Gasteiger partial charge < -0.3 is 15.9 Å². The fourth-order valence-corrected chi connectivity index (χ4v) is 2.28. The van der Waals surface area contributed by atoms with Gasteiger partial charge in [0.15, 0.2) is 6.29 Å². The van der Waals surface area contributed by atoms with E-state index in [-0.39, 0.29) is 6.04 Å². The Morgan fingerprint density at radius 1 is 0.778 bits per heavy atom. The van der Waals surface area contributed by atoms with Crippen LogP contribution in [0.3, 0.4) is 0 Å². The Kier molecular flexibility index (Phi) is 13.2. The summed E-state index contributed by atoms with van der Waals surface area (Å²) in [4.78, 5) is 0. The Hall–Kier alpha value is -0.120. The van der Waals surface area contributed by atoms with Gasteiger partial charge in [0.2, 0.25) is 0 Å². The molecule has 0 heterocycles. The predicted octanol–water partition coefficient (Wildman–Crippen LogP) is 3.33. The molecule has 1 atom stereocenters. The second-order valence-corrected chi connectivity index (χ2v) is 5.45. The van der Waals surface area contributed by atoms with Crippen LogP contribution in [0.1, 0.15) is 84.0 Å². The van der Waals surface area contributed by atoms with Gasteiger partial charge in [-0.1, -0.05) is 71.1 Å². The second kappa shape index (κ2) is 13.3. The largest absolute Gasteiger partial charge is 0.368 e. The molecule has 0 aromatic carbocycles. The molecule has 0 saturated carbocycles. The first-order valence-electron chi connectivity index (χ1n) is 7.78. The summed E-state index contributed by atoms with van der Waals surface area (Å²) in [5.74, 6) is 0. The van der Waals surface area contributed by atoms with E-state index in [0.29, 0.717) is 6.42 Å². The van der Waals surface area contributed by atoms with E-state index in [1.54, 1.807) is 0 Å². The van der Waals surface area contributed by atoms with Gasteiger partial charge in [-0.05, 0) is 6.42 Å². The van der Waals surface area contributed by atoms with Crippen LogP contribution >= 0.6 is 0 Å². The zero-order valence-corrected chi connectivity index (χ0v) is 12.1. The van der Waals surface area contributed by atoms with E-state index >= 15 is 0 Å². The molecule has 18 heavy (non-hydrogen) atoms. The van der Waals surface area contributed by atoms with Crippen LogP contribution in [-0.2, 0) is 0 Å². The van der Waals surface area contributed by atoms with Gasteiger partial charge in [-0.25, -0.2) is 0 Å². The Morgan fingerprint density at radius 3 is 1.67 bits per heavy atom. The molecule has 110 valence electrons. The number of hydrogen-bond donors (Lipinski definition) is 3. The zero-order chi connectivity index (χ0) is 13.6. The Labute approximate surface area is 113 Å². The van der Waals surface area contributed by atoms with Crippen molar-refractivity contribution in [1.82, 2.24) is 0 Å². The van der Waals surface area contributed by atoms with Gasteiger partial charge in [-0.3, -0.25) is 0 Å². The normalized spacial score (nSPS) is 13.2. The van der Waals surface area contributed by atoms with E-state index in [9.17, 15) is 0 Å². The maximum atomic E-state index is 8.76. The van der Waals surface area contributed by atoms with Gasteiger partial charge >= 0.3 is 0 Å². The maximum absolute atomic E-state index is 8.76. The van der Waals surface area contributed by atoms with Gasteiger partial charge in [0.05, 0.1) is 0 Å². The number of hydrogen-bond acceptors (Lipinski definition) is 3. The molecular weight excluding hydrogens is 226 g/mol. The summed E-state index contributed by atoms with van der Waals surface area (Å²) in [5, 5.41) is 17.5. The van der Waals surface area contributed by atoms with Crippen molar-refractivity contribution >= 4 is 0 Å². The third kappa shape index (κ3) is 13.9.